The van der Waals surface area contributed by atoms with E-state index in [-0.39, 0.29) is 24.0 Å². The van der Waals surface area contributed by atoms with Gasteiger partial charge in [-0.15, -0.1) is 24.0 Å². The molecule has 0 spiro atoms. The van der Waals surface area contributed by atoms with Crippen molar-refractivity contribution in [2.24, 2.45) is 16.8 Å². The number of hydrogen-bond acceptors (Lipinski definition) is 2. The average Bonchev–Trinajstić information content (AvgIpc) is 3.20. The number of nitrogens with zero attached hydrogens (tertiary/aromatic N) is 2. The van der Waals surface area contributed by atoms with Crippen molar-refractivity contribution in [1.82, 2.24) is 15.5 Å². The summed E-state index contributed by atoms with van der Waals surface area (Å²) in [4.78, 5) is 7.22. The van der Waals surface area contributed by atoms with Crippen LogP contribution in [0, 0.1) is 11.8 Å². The van der Waals surface area contributed by atoms with Gasteiger partial charge < -0.3 is 15.5 Å². The maximum Gasteiger partial charge on any atom is 0.191 e. The Balaban J connectivity index is 0.00000200. The molecular weight excluding hydrogens is 363 g/mol. The van der Waals surface area contributed by atoms with E-state index in [9.17, 15) is 0 Å². The maximum absolute atomic E-state index is 4.65. The van der Waals surface area contributed by atoms with Crippen LogP contribution in [0.2, 0.25) is 0 Å². The Hall–Kier alpha value is -0.0400. The predicted octanol–water partition coefficient (Wildman–Crippen LogP) is 2.30. The molecule has 0 bridgehead atoms. The van der Waals surface area contributed by atoms with Crippen LogP contribution in [0.5, 0.6) is 0 Å². The molecule has 1 aliphatic carbocycles. The van der Waals surface area contributed by atoms with Crippen LogP contribution in [0.1, 0.15) is 39.5 Å². The van der Waals surface area contributed by atoms with Crippen molar-refractivity contribution in [3.05, 3.63) is 0 Å². The molecule has 118 valence electrons. The van der Waals surface area contributed by atoms with Crippen LogP contribution < -0.4 is 10.6 Å². The molecular formula is C15H31IN4. The molecule has 5 heteroatoms. The summed E-state index contributed by atoms with van der Waals surface area (Å²) in [5.41, 5.74) is 0. The van der Waals surface area contributed by atoms with Gasteiger partial charge in [0, 0.05) is 32.7 Å². The van der Waals surface area contributed by atoms with Crippen LogP contribution in [-0.2, 0) is 0 Å². The molecule has 2 fully saturated rings. The van der Waals surface area contributed by atoms with Gasteiger partial charge in [0.05, 0.1) is 0 Å². The number of guanidine groups is 1. The standard InChI is InChI=1S/C15H30N4.HI/c1-3-16-15(18-11-14-6-7-14)17-8-10-19-9-4-5-13(2)12-19;/h13-14H,3-12H2,1-2H3,(H2,16,17,18);1H. The van der Waals surface area contributed by atoms with Crippen molar-refractivity contribution in [2.45, 2.75) is 39.5 Å². The average molecular weight is 394 g/mol. The fourth-order valence-electron chi connectivity index (χ4n) is 2.68. The van der Waals surface area contributed by atoms with E-state index < -0.39 is 0 Å². The summed E-state index contributed by atoms with van der Waals surface area (Å²) in [5.74, 6) is 2.73. The summed E-state index contributed by atoms with van der Waals surface area (Å²) in [6, 6.07) is 0. The Kier molecular flexibility index (Phi) is 8.84. The zero-order valence-electron chi connectivity index (χ0n) is 13.0. The first-order valence-electron chi connectivity index (χ1n) is 8.02. The summed E-state index contributed by atoms with van der Waals surface area (Å²) in [6.07, 6.45) is 5.50. The Morgan fingerprint density at radius 1 is 1.25 bits per heavy atom. The van der Waals surface area contributed by atoms with Crippen molar-refractivity contribution >= 4 is 29.9 Å². The smallest absolute Gasteiger partial charge is 0.191 e. The number of halogens is 1. The fourth-order valence-corrected chi connectivity index (χ4v) is 2.68. The Bertz CT molecular complexity index is 292. The van der Waals surface area contributed by atoms with Gasteiger partial charge in [-0.05, 0) is 51.0 Å². The largest absolute Gasteiger partial charge is 0.357 e. The first-order chi connectivity index (χ1) is 9.28. The summed E-state index contributed by atoms with van der Waals surface area (Å²) in [7, 11) is 0. The molecule has 2 aliphatic rings. The molecule has 1 saturated heterocycles. The molecule has 2 N–H and O–H groups in total. The van der Waals surface area contributed by atoms with Gasteiger partial charge in [-0.1, -0.05) is 6.92 Å². The van der Waals surface area contributed by atoms with E-state index in [0.717, 1.165) is 44.0 Å². The Labute approximate surface area is 141 Å². The maximum atomic E-state index is 4.65. The quantitative estimate of drug-likeness (QED) is 0.413. The van der Waals surface area contributed by atoms with E-state index in [4.69, 9.17) is 0 Å². The summed E-state index contributed by atoms with van der Waals surface area (Å²) >= 11 is 0. The van der Waals surface area contributed by atoms with Crippen LogP contribution in [0.3, 0.4) is 0 Å². The van der Waals surface area contributed by atoms with Crippen molar-refractivity contribution in [1.29, 1.82) is 0 Å². The molecule has 1 saturated carbocycles. The second-order valence-corrected chi connectivity index (χ2v) is 6.14. The Morgan fingerprint density at radius 2 is 2.05 bits per heavy atom. The van der Waals surface area contributed by atoms with Gasteiger partial charge in [0.25, 0.3) is 0 Å². The number of hydrogen-bond donors (Lipinski definition) is 2. The molecule has 0 radical (unpaired) electrons. The second kappa shape index (κ2) is 9.82. The van der Waals surface area contributed by atoms with E-state index in [1.54, 1.807) is 0 Å². The lowest BCUT2D eigenvalue weighted by Crippen LogP contribution is -2.43. The minimum absolute atomic E-state index is 0. The lowest BCUT2D eigenvalue weighted by Gasteiger charge is -2.30. The molecule has 4 nitrogen and oxygen atoms in total. The van der Waals surface area contributed by atoms with Crippen LogP contribution >= 0.6 is 24.0 Å². The van der Waals surface area contributed by atoms with E-state index in [1.165, 1.54) is 38.8 Å². The van der Waals surface area contributed by atoms with Gasteiger partial charge in [0.1, 0.15) is 0 Å². The first-order valence-corrected chi connectivity index (χ1v) is 8.02. The normalized spacial score (nSPS) is 24.1. The van der Waals surface area contributed by atoms with Crippen LogP contribution in [0.25, 0.3) is 0 Å². The number of piperidine rings is 1. The predicted molar refractivity (Wildman–Crippen MR) is 97.0 cm³/mol. The van der Waals surface area contributed by atoms with Gasteiger partial charge in [-0.3, -0.25) is 4.99 Å². The molecule has 1 aliphatic heterocycles. The van der Waals surface area contributed by atoms with Crippen molar-refractivity contribution in [2.75, 3.05) is 39.3 Å². The highest BCUT2D eigenvalue weighted by atomic mass is 127. The van der Waals surface area contributed by atoms with Crippen molar-refractivity contribution < 1.29 is 0 Å². The van der Waals surface area contributed by atoms with E-state index in [2.05, 4.69) is 34.4 Å². The van der Waals surface area contributed by atoms with Crippen LogP contribution in [0.15, 0.2) is 4.99 Å². The van der Waals surface area contributed by atoms with E-state index >= 15 is 0 Å². The molecule has 20 heavy (non-hydrogen) atoms. The molecule has 0 aromatic carbocycles. The van der Waals surface area contributed by atoms with E-state index in [0.29, 0.717) is 0 Å². The second-order valence-electron chi connectivity index (χ2n) is 6.14. The molecule has 0 aromatic heterocycles. The lowest BCUT2D eigenvalue weighted by molar-refractivity contribution is 0.187. The number of rotatable bonds is 6. The highest BCUT2D eigenvalue weighted by Crippen LogP contribution is 2.28. The van der Waals surface area contributed by atoms with Gasteiger partial charge in [0.2, 0.25) is 0 Å². The zero-order chi connectivity index (χ0) is 13.5. The monoisotopic (exact) mass is 394 g/mol. The summed E-state index contributed by atoms with van der Waals surface area (Å²) in [6.45, 7) is 11.1. The minimum atomic E-state index is 0. The molecule has 1 unspecified atom stereocenters. The topological polar surface area (TPSA) is 39.7 Å². The molecule has 1 heterocycles. The highest BCUT2D eigenvalue weighted by Gasteiger charge is 2.20. The third-order valence-electron chi connectivity index (χ3n) is 4.01. The lowest BCUT2D eigenvalue weighted by atomic mass is 10.0. The van der Waals surface area contributed by atoms with Gasteiger partial charge >= 0.3 is 0 Å². The van der Waals surface area contributed by atoms with Gasteiger partial charge in [-0.25, -0.2) is 0 Å². The molecule has 2 rings (SSSR count). The zero-order valence-corrected chi connectivity index (χ0v) is 15.4. The van der Waals surface area contributed by atoms with Gasteiger partial charge in [-0.2, -0.15) is 0 Å². The fraction of sp³-hybridized carbons (Fsp3) is 0.933. The summed E-state index contributed by atoms with van der Waals surface area (Å²) in [5, 5.41) is 6.80. The summed E-state index contributed by atoms with van der Waals surface area (Å²) < 4.78 is 0. The van der Waals surface area contributed by atoms with Crippen molar-refractivity contribution in [3.8, 4) is 0 Å². The molecule has 0 amide bonds. The van der Waals surface area contributed by atoms with Crippen molar-refractivity contribution in [3.63, 3.8) is 0 Å². The molecule has 1 atom stereocenters. The van der Waals surface area contributed by atoms with E-state index in [1.807, 2.05) is 0 Å². The van der Waals surface area contributed by atoms with Crippen LogP contribution in [-0.4, -0.2) is 50.1 Å². The van der Waals surface area contributed by atoms with Gasteiger partial charge in [0.15, 0.2) is 5.96 Å². The third-order valence-corrected chi connectivity index (χ3v) is 4.01. The third kappa shape index (κ3) is 7.11. The number of nitrogens with one attached hydrogen (secondary N) is 2. The highest BCUT2D eigenvalue weighted by molar-refractivity contribution is 14.0. The number of likely N-dealkylation sites (tertiary alicyclic amines) is 1. The number of aliphatic imine (C=N–C) groups is 1. The molecule has 0 aromatic rings. The SMILES string of the molecule is CCNC(=NCC1CC1)NCCN1CCCC(C)C1.I. The van der Waals surface area contributed by atoms with Crippen LogP contribution in [0.4, 0.5) is 0 Å². The first kappa shape index (κ1) is 18.0. The minimum Gasteiger partial charge on any atom is -0.357 e. The Morgan fingerprint density at radius 3 is 2.70 bits per heavy atom.